The topological polar surface area (TPSA) is 17.1 Å². The minimum atomic E-state index is -4.40. The van der Waals surface area contributed by atoms with Gasteiger partial charge in [0.2, 0.25) is 5.78 Å². The summed E-state index contributed by atoms with van der Waals surface area (Å²) in [4.78, 5) is 13.5. The lowest BCUT2D eigenvalue weighted by atomic mass is 10.1. The number of carbonyl (C=O) groups is 1. The molecule has 1 aliphatic heterocycles. The van der Waals surface area contributed by atoms with Crippen molar-refractivity contribution in [3.05, 3.63) is 68.5 Å². The number of rotatable bonds is 1. The summed E-state index contributed by atoms with van der Waals surface area (Å²) in [6, 6.07) is 10.2. The van der Waals surface area contributed by atoms with E-state index in [9.17, 15) is 18.0 Å². The van der Waals surface area contributed by atoms with Crippen molar-refractivity contribution >= 4 is 39.6 Å². The fourth-order valence-corrected chi connectivity index (χ4v) is 3.79. The normalized spacial score (nSPS) is 16.2. The van der Waals surface area contributed by atoms with E-state index in [0.29, 0.717) is 16.0 Å². The maximum atomic E-state index is 12.7. The van der Waals surface area contributed by atoms with Crippen LogP contribution in [0.25, 0.3) is 6.08 Å². The number of allylic oxidation sites excluding steroid dienone is 1. The van der Waals surface area contributed by atoms with Crippen molar-refractivity contribution < 1.29 is 18.0 Å². The number of halogens is 4. The molecule has 0 saturated carbocycles. The monoisotopic (exact) mass is 384 g/mol. The largest absolute Gasteiger partial charge is 0.416 e. The maximum absolute atomic E-state index is 12.7. The molecule has 0 radical (unpaired) electrons. The zero-order chi connectivity index (χ0) is 15.9. The van der Waals surface area contributed by atoms with Crippen LogP contribution in [0.15, 0.2) is 56.7 Å². The summed E-state index contributed by atoms with van der Waals surface area (Å²) in [7, 11) is 0. The Kier molecular flexibility index (Phi) is 3.91. The summed E-state index contributed by atoms with van der Waals surface area (Å²) in [5.41, 5.74) is 0.197. The third-order valence-electron chi connectivity index (χ3n) is 3.16. The van der Waals surface area contributed by atoms with E-state index in [-0.39, 0.29) is 5.78 Å². The van der Waals surface area contributed by atoms with Gasteiger partial charge < -0.3 is 0 Å². The molecule has 1 nitrogen and oxygen atoms in total. The summed E-state index contributed by atoms with van der Waals surface area (Å²) in [5, 5.41) is 0. The Morgan fingerprint density at radius 1 is 1.09 bits per heavy atom. The zero-order valence-corrected chi connectivity index (χ0v) is 13.3. The van der Waals surface area contributed by atoms with Crippen LogP contribution in [0.2, 0.25) is 0 Å². The first-order valence-corrected chi connectivity index (χ1v) is 7.87. The van der Waals surface area contributed by atoms with Gasteiger partial charge in [0.25, 0.3) is 0 Å². The van der Waals surface area contributed by atoms with Crippen molar-refractivity contribution in [3.8, 4) is 0 Å². The molecule has 6 heteroatoms. The number of fused-ring (bicyclic) bond motifs is 1. The van der Waals surface area contributed by atoms with Crippen LogP contribution in [0.4, 0.5) is 13.2 Å². The van der Waals surface area contributed by atoms with E-state index in [1.54, 1.807) is 18.2 Å². The molecule has 0 spiro atoms. The molecule has 22 heavy (non-hydrogen) atoms. The van der Waals surface area contributed by atoms with Crippen LogP contribution in [0.1, 0.15) is 21.5 Å². The van der Waals surface area contributed by atoms with Gasteiger partial charge in [-0.2, -0.15) is 13.2 Å². The standard InChI is InChI=1S/C16H8BrF3OS/c17-12-6-2-5-11-14(21)13(22-15(11)12)8-9-3-1-4-10(7-9)16(18,19)20/h1-8H/b13-8-. The first kappa shape index (κ1) is 15.4. The number of thioether (sulfide) groups is 1. The fourth-order valence-electron chi connectivity index (χ4n) is 2.13. The molecule has 0 aliphatic carbocycles. The molecule has 1 aliphatic rings. The predicted octanol–water partition coefficient (Wildman–Crippen LogP) is 5.80. The molecule has 2 aromatic carbocycles. The highest BCUT2D eigenvalue weighted by molar-refractivity contribution is 9.10. The molecule has 0 amide bonds. The molecule has 0 fully saturated rings. The molecule has 0 saturated heterocycles. The summed E-state index contributed by atoms with van der Waals surface area (Å²) in [6.07, 6.45) is -2.90. The summed E-state index contributed by atoms with van der Waals surface area (Å²) < 4.78 is 39.0. The van der Waals surface area contributed by atoms with Gasteiger partial charge in [-0.1, -0.05) is 30.0 Å². The van der Waals surface area contributed by atoms with E-state index in [1.165, 1.54) is 23.9 Å². The van der Waals surface area contributed by atoms with E-state index in [4.69, 9.17) is 0 Å². The third kappa shape index (κ3) is 2.85. The number of Topliss-reactive ketones (excluding diaryl/α,β-unsaturated/α-hetero) is 1. The molecule has 2 aromatic rings. The van der Waals surface area contributed by atoms with E-state index in [2.05, 4.69) is 15.9 Å². The lowest BCUT2D eigenvalue weighted by Crippen LogP contribution is -2.04. The summed E-state index contributed by atoms with van der Waals surface area (Å²) in [6.45, 7) is 0. The highest BCUT2D eigenvalue weighted by Crippen LogP contribution is 2.44. The Labute approximate surface area is 137 Å². The van der Waals surface area contributed by atoms with Gasteiger partial charge in [0.15, 0.2) is 0 Å². The second kappa shape index (κ2) is 5.59. The Bertz CT molecular complexity index is 796. The van der Waals surface area contributed by atoms with Gasteiger partial charge in [-0.25, -0.2) is 0 Å². The number of hydrogen-bond acceptors (Lipinski definition) is 2. The van der Waals surface area contributed by atoms with Crippen molar-refractivity contribution in [2.75, 3.05) is 0 Å². The van der Waals surface area contributed by atoms with Crippen LogP contribution in [0.5, 0.6) is 0 Å². The van der Waals surface area contributed by atoms with Crippen LogP contribution >= 0.6 is 27.7 Å². The molecule has 0 bridgehead atoms. The van der Waals surface area contributed by atoms with Gasteiger partial charge >= 0.3 is 6.18 Å². The molecule has 0 unspecified atom stereocenters. The first-order chi connectivity index (χ1) is 10.4. The number of carbonyl (C=O) groups excluding carboxylic acids is 1. The van der Waals surface area contributed by atoms with Crippen LogP contribution in [0.3, 0.4) is 0 Å². The zero-order valence-electron chi connectivity index (χ0n) is 10.9. The molecule has 3 rings (SSSR count). The Morgan fingerprint density at radius 2 is 1.82 bits per heavy atom. The van der Waals surface area contributed by atoms with E-state index in [1.807, 2.05) is 6.07 Å². The lowest BCUT2D eigenvalue weighted by Gasteiger charge is -2.07. The van der Waals surface area contributed by atoms with Crippen molar-refractivity contribution in [2.24, 2.45) is 0 Å². The quantitative estimate of drug-likeness (QED) is 0.578. The Hall–Kier alpha value is -1.53. The molecular formula is C16H8BrF3OS. The fraction of sp³-hybridized carbons (Fsp3) is 0.0625. The van der Waals surface area contributed by atoms with E-state index < -0.39 is 11.7 Å². The number of hydrogen-bond donors (Lipinski definition) is 0. The van der Waals surface area contributed by atoms with Crippen LogP contribution < -0.4 is 0 Å². The Morgan fingerprint density at radius 3 is 2.50 bits per heavy atom. The van der Waals surface area contributed by atoms with Gasteiger partial charge in [0.1, 0.15) is 0 Å². The van der Waals surface area contributed by atoms with Crippen molar-refractivity contribution in [3.63, 3.8) is 0 Å². The highest BCUT2D eigenvalue weighted by atomic mass is 79.9. The molecule has 0 atom stereocenters. The van der Waals surface area contributed by atoms with Crippen LogP contribution in [0, 0.1) is 0 Å². The second-order valence-electron chi connectivity index (χ2n) is 4.68. The molecule has 1 heterocycles. The third-order valence-corrected chi connectivity index (χ3v) is 5.25. The summed E-state index contributed by atoms with van der Waals surface area (Å²) in [5.74, 6) is -0.168. The predicted molar refractivity (Wildman–Crippen MR) is 83.8 cm³/mol. The number of benzene rings is 2. The van der Waals surface area contributed by atoms with Crippen LogP contribution in [-0.4, -0.2) is 5.78 Å². The molecule has 112 valence electrons. The van der Waals surface area contributed by atoms with Gasteiger partial charge in [0, 0.05) is 14.9 Å². The van der Waals surface area contributed by atoms with Crippen LogP contribution in [-0.2, 0) is 6.18 Å². The van der Waals surface area contributed by atoms with Crippen molar-refractivity contribution in [1.29, 1.82) is 0 Å². The molecular weight excluding hydrogens is 377 g/mol. The van der Waals surface area contributed by atoms with Gasteiger partial charge in [-0.05, 0) is 51.8 Å². The van der Waals surface area contributed by atoms with Gasteiger partial charge in [-0.15, -0.1) is 0 Å². The van der Waals surface area contributed by atoms with Crippen molar-refractivity contribution in [1.82, 2.24) is 0 Å². The van der Waals surface area contributed by atoms with Gasteiger partial charge in [-0.3, -0.25) is 4.79 Å². The SMILES string of the molecule is O=C1/C(=C/c2cccc(C(F)(F)F)c2)Sc2c(Br)cccc21. The van der Waals surface area contributed by atoms with Crippen molar-refractivity contribution in [2.45, 2.75) is 11.1 Å². The van der Waals surface area contributed by atoms with E-state index >= 15 is 0 Å². The van der Waals surface area contributed by atoms with E-state index in [0.717, 1.165) is 21.5 Å². The minimum Gasteiger partial charge on any atom is -0.288 e. The summed E-state index contributed by atoms with van der Waals surface area (Å²) >= 11 is 4.64. The Balaban J connectivity index is 1.99. The average molecular weight is 385 g/mol. The second-order valence-corrected chi connectivity index (χ2v) is 6.59. The average Bonchev–Trinajstić information content (AvgIpc) is 2.77. The number of ketones is 1. The first-order valence-electron chi connectivity index (χ1n) is 6.26. The van der Waals surface area contributed by atoms with Gasteiger partial charge in [0.05, 0.1) is 10.5 Å². The highest BCUT2D eigenvalue weighted by Gasteiger charge is 2.31. The lowest BCUT2D eigenvalue weighted by molar-refractivity contribution is -0.137. The molecule has 0 aromatic heterocycles. The minimum absolute atomic E-state index is 0.168. The maximum Gasteiger partial charge on any atom is 0.416 e. The number of alkyl halides is 3. The molecule has 0 N–H and O–H groups in total. The smallest absolute Gasteiger partial charge is 0.288 e.